The largest absolute Gasteiger partial charge is 0.341 e. The highest BCUT2D eigenvalue weighted by molar-refractivity contribution is 5.94. The number of anilines is 2. The van der Waals surface area contributed by atoms with E-state index in [-0.39, 0.29) is 11.7 Å². The molecule has 0 spiro atoms. The van der Waals surface area contributed by atoms with Crippen molar-refractivity contribution in [3.63, 3.8) is 0 Å². The van der Waals surface area contributed by atoms with Crippen molar-refractivity contribution in [1.82, 2.24) is 19.5 Å². The van der Waals surface area contributed by atoms with Gasteiger partial charge in [0, 0.05) is 48.5 Å². The molecule has 3 aromatic carbocycles. The predicted octanol–water partition coefficient (Wildman–Crippen LogP) is 6.47. The van der Waals surface area contributed by atoms with Gasteiger partial charge in [0.2, 0.25) is 0 Å². The number of amides is 1. The fraction of sp³-hybridized carbons (Fsp3) is 0.194. The van der Waals surface area contributed by atoms with Crippen molar-refractivity contribution in [2.75, 3.05) is 18.9 Å². The van der Waals surface area contributed by atoms with Gasteiger partial charge in [0.15, 0.2) is 5.65 Å². The van der Waals surface area contributed by atoms with E-state index in [1.807, 2.05) is 53.0 Å². The minimum absolute atomic E-state index is 0.105. The maximum absolute atomic E-state index is 13.9. The minimum atomic E-state index is -0.245. The van der Waals surface area contributed by atoms with E-state index in [4.69, 9.17) is 10.1 Å². The van der Waals surface area contributed by atoms with E-state index in [0.29, 0.717) is 30.0 Å². The van der Waals surface area contributed by atoms with Gasteiger partial charge in [0.1, 0.15) is 11.6 Å². The molecule has 1 aliphatic carbocycles. The molecule has 7 heteroatoms. The monoisotopic (exact) mass is 505 g/mol. The average Bonchev–Trinajstić information content (AvgIpc) is 3.71. The van der Waals surface area contributed by atoms with Crippen LogP contribution < -0.4 is 5.32 Å². The third kappa shape index (κ3) is 5.00. The van der Waals surface area contributed by atoms with E-state index in [9.17, 15) is 9.18 Å². The molecule has 0 saturated heterocycles. The summed E-state index contributed by atoms with van der Waals surface area (Å²) in [5, 5.41) is 8.30. The summed E-state index contributed by atoms with van der Waals surface area (Å²) in [7, 11) is 1.74. The fourth-order valence-electron chi connectivity index (χ4n) is 4.57. The Kier molecular flexibility index (Phi) is 6.33. The van der Waals surface area contributed by atoms with E-state index in [0.717, 1.165) is 34.1 Å². The van der Waals surface area contributed by atoms with Gasteiger partial charge in [-0.15, -0.1) is 0 Å². The van der Waals surface area contributed by atoms with Crippen LogP contribution in [0.3, 0.4) is 0 Å². The van der Waals surface area contributed by atoms with Crippen molar-refractivity contribution in [2.45, 2.75) is 25.2 Å². The van der Waals surface area contributed by atoms with Crippen LogP contribution in [0.5, 0.6) is 0 Å². The number of hydrogen-bond acceptors (Lipinski definition) is 4. The van der Waals surface area contributed by atoms with Crippen molar-refractivity contribution in [2.24, 2.45) is 0 Å². The molecule has 0 unspecified atom stereocenters. The topological polar surface area (TPSA) is 62.5 Å². The van der Waals surface area contributed by atoms with Crippen LogP contribution in [0.1, 0.15) is 40.4 Å². The van der Waals surface area contributed by atoms with Gasteiger partial charge >= 0.3 is 0 Å². The first-order valence-electron chi connectivity index (χ1n) is 12.9. The standard InChI is InChI=1S/C31H28FN5O/c1-36(18-17-21-7-5-6-10-26(21)32)31(38)24-13-15-25(16-14-24)33-29-19-27(22-8-3-2-4-9-22)34-30-20-28(23-11-12-23)35-37(29)30/h2-10,13-16,19-20,23,33H,11-12,17-18H2,1H3. The number of nitrogens with one attached hydrogen (secondary N) is 1. The van der Waals surface area contributed by atoms with E-state index >= 15 is 0 Å². The number of fused-ring (bicyclic) bond motifs is 1. The number of benzene rings is 3. The maximum Gasteiger partial charge on any atom is 0.253 e. The molecule has 6 nitrogen and oxygen atoms in total. The molecule has 6 rings (SSSR count). The first kappa shape index (κ1) is 23.9. The summed E-state index contributed by atoms with van der Waals surface area (Å²) in [4.78, 5) is 19.4. The lowest BCUT2D eigenvalue weighted by atomic mass is 10.1. The SMILES string of the molecule is CN(CCc1ccccc1F)C(=O)c1ccc(Nc2cc(-c3ccccc3)nc3cc(C4CC4)nn23)cc1. The summed E-state index contributed by atoms with van der Waals surface area (Å²) in [6.07, 6.45) is 2.80. The Hall–Kier alpha value is -4.52. The van der Waals surface area contributed by atoms with Crippen LogP contribution in [-0.4, -0.2) is 39.0 Å². The van der Waals surface area contributed by atoms with Crippen LogP contribution >= 0.6 is 0 Å². The Morgan fingerprint density at radius 1 is 1.00 bits per heavy atom. The van der Waals surface area contributed by atoms with Crippen LogP contribution in [0, 0.1) is 5.82 Å². The molecule has 0 bridgehead atoms. The van der Waals surface area contributed by atoms with Crippen molar-refractivity contribution < 1.29 is 9.18 Å². The highest BCUT2D eigenvalue weighted by atomic mass is 19.1. The summed E-state index contributed by atoms with van der Waals surface area (Å²) >= 11 is 0. The van der Waals surface area contributed by atoms with Crippen molar-refractivity contribution in [1.29, 1.82) is 0 Å². The average molecular weight is 506 g/mol. The summed E-state index contributed by atoms with van der Waals surface area (Å²) in [6, 6.07) is 28.2. The number of likely N-dealkylation sites (N-methyl/N-ethyl adjacent to an activating group) is 1. The molecule has 1 fully saturated rings. The molecule has 0 aliphatic heterocycles. The lowest BCUT2D eigenvalue weighted by Gasteiger charge is -2.18. The van der Waals surface area contributed by atoms with Crippen molar-refractivity contribution in [3.8, 4) is 11.3 Å². The van der Waals surface area contributed by atoms with Crippen LogP contribution in [-0.2, 0) is 6.42 Å². The van der Waals surface area contributed by atoms with Gasteiger partial charge in [-0.25, -0.2) is 9.37 Å². The number of rotatable bonds is 8. The predicted molar refractivity (Wildman–Crippen MR) is 147 cm³/mol. The Morgan fingerprint density at radius 2 is 1.74 bits per heavy atom. The summed E-state index contributed by atoms with van der Waals surface area (Å²) in [6.45, 7) is 0.430. The number of aromatic nitrogens is 3. The van der Waals surface area contributed by atoms with Gasteiger partial charge in [-0.1, -0.05) is 48.5 Å². The Labute approximate surface area is 220 Å². The van der Waals surface area contributed by atoms with Crippen molar-refractivity contribution >= 4 is 23.1 Å². The van der Waals surface area contributed by atoms with Gasteiger partial charge in [-0.2, -0.15) is 9.61 Å². The lowest BCUT2D eigenvalue weighted by molar-refractivity contribution is 0.0796. The van der Waals surface area contributed by atoms with Crippen LogP contribution in [0.4, 0.5) is 15.9 Å². The molecule has 190 valence electrons. The summed E-state index contributed by atoms with van der Waals surface area (Å²) in [5.74, 6) is 0.977. The second-order valence-corrected chi connectivity index (χ2v) is 9.78. The molecule has 1 saturated carbocycles. The first-order valence-corrected chi connectivity index (χ1v) is 12.9. The lowest BCUT2D eigenvalue weighted by Crippen LogP contribution is -2.29. The second-order valence-electron chi connectivity index (χ2n) is 9.78. The number of halogens is 1. The molecule has 1 amide bonds. The van der Waals surface area contributed by atoms with Gasteiger partial charge in [0.05, 0.1) is 11.4 Å². The summed E-state index contributed by atoms with van der Waals surface area (Å²) in [5.41, 5.74) is 5.80. The fourth-order valence-corrected chi connectivity index (χ4v) is 4.57. The normalized spacial score (nSPS) is 13.0. The van der Waals surface area contributed by atoms with E-state index in [1.165, 1.54) is 18.9 Å². The molecule has 0 atom stereocenters. The zero-order valence-corrected chi connectivity index (χ0v) is 21.1. The third-order valence-corrected chi connectivity index (χ3v) is 6.94. The molecule has 2 heterocycles. The Morgan fingerprint density at radius 3 is 2.47 bits per heavy atom. The highest BCUT2D eigenvalue weighted by Crippen LogP contribution is 2.40. The number of nitrogens with zero attached hydrogens (tertiary/aromatic N) is 4. The smallest absolute Gasteiger partial charge is 0.253 e. The minimum Gasteiger partial charge on any atom is -0.341 e. The van der Waals surface area contributed by atoms with Crippen molar-refractivity contribution in [3.05, 3.63) is 114 Å². The summed E-state index contributed by atoms with van der Waals surface area (Å²) < 4.78 is 15.8. The van der Waals surface area contributed by atoms with Crippen LogP contribution in [0.25, 0.3) is 16.9 Å². The molecule has 5 aromatic rings. The first-order chi connectivity index (χ1) is 18.5. The number of carbonyl (C=O) groups excluding carboxylic acids is 1. The molecule has 1 N–H and O–H groups in total. The molecule has 0 radical (unpaired) electrons. The third-order valence-electron chi connectivity index (χ3n) is 6.94. The molecular weight excluding hydrogens is 477 g/mol. The molecule has 1 aliphatic rings. The van der Waals surface area contributed by atoms with E-state index < -0.39 is 0 Å². The van der Waals surface area contributed by atoms with E-state index in [2.05, 4.69) is 11.4 Å². The van der Waals surface area contributed by atoms with Crippen LogP contribution in [0.2, 0.25) is 0 Å². The van der Waals surface area contributed by atoms with Crippen LogP contribution in [0.15, 0.2) is 91.0 Å². The quantitative estimate of drug-likeness (QED) is 0.263. The van der Waals surface area contributed by atoms with E-state index in [1.54, 1.807) is 42.3 Å². The zero-order chi connectivity index (χ0) is 26.1. The second kappa shape index (κ2) is 10.1. The number of hydrogen-bond donors (Lipinski definition) is 1. The molecule has 38 heavy (non-hydrogen) atoms. The number of carbonyl (C=O) groups is 1. The zero-order valence-electron chi connectivity index (χ0n) is 21.1. The van der Waals surface area contributed by atoms with Gasteiger partial charge in [-0.3, -0.25) is 4.79 Å². The molecular formula is C31H28FN5O. The van der Waals surface area contributed by atoms with Gasteiger partial charge < -0.3 is 10.2 Å². The molecule has 2 aromatic heterocycles. The van der Waals surface area contributed by atoms with Gasteiger partial charge in [-0.05, 0) is 55.2 Å². The van der Waals surface area contributed by atoms with Gasteiger partial charge in [0.25, 0.3) is 5.91 Å². The Bertz CT molecular complexity index is 1590. The Balaban J connectivity index is 1.21. The highest BCUT2D eigenvalue weighted by Gasteiger charge is 2.27. The maximum atomic E-state index is 13.9.